The largest absolute Gasteiger partial charge is 0.369 e. The van der Waals surface area contributed by atoms with Crippen LogP contribution in [0.2, 0.25) is 10.0 Å². The Hall–Kier alpha value is -1.78. The molecule has 24 heavy (non-hydrogen) atoms. The number of rotatable bonds is 3. The lowest BCUT2D eigenvalue weighted by molar-refractivity contribution is -0.120. The van der Waals surface area contributed by atoms with Gasteiger partial charge in [-0.15, -0.1) is 0 Å². The van der Waals surface area contributed by atoms with Crippen LogP contribution in [-0.2, 0) is 4.79 Å². The van der Waals surface area contributed by atoms with E-state index < -0.39 is 0 Å². The van der Waals surface area contributed by atoms with Crippen LogP contribution in [0.5, 0.6) is 0 Å². The summed E-state index contributed by atoms with van der Waals surface area (Å²) in [4.78, 5) is 14.4. The second-order valence-electron chi connectivity index (χ2n) is 5.83. The Labute approximate surface area is 150 Å². The highest BCUT2D eigenvalue weighted by Crippen LogP contribution is 2.29. The zero-order chi connectivity index (χ0) is 17.1. The van der Waals surface area contributed by atoms with Gasteiger partial charge >= 0.3 is 0 Å². The molecule has 1 amide bonds. The summed E-state index contributed by atoms with van der Waals surface area (Å²) in [6.45, 7) is 1.28. The molecule has 1 aliphatic heterocycles. The fraction of sp³-hybridized carbons (Fsp3) is 0.278. The number of para-hydroxylation sites is 1. The van der Waals surface area contributed by atoms with Gasteiger partial charge in [-0.3, -0.25) is 4.79 Å². The van der Waals surface area contributed by atoms with Gasteiger partial charge in [-0.25, -0.2) is 4.39 Å². The minimum absolute atomic E-state index is 0.0765. The number of amides is 1. The number of hydrogen-bond donors (Lipinski definition) is 1. The van der Waals surface area contributed by atoms with Crippen LogP contribution in [0.4, 0.5) is 15.8 Å². The van der Waals surface area contributed by atoms with E-state index in [2.05, 4.69) is 5.32 Å². The summed E-state index contributed by atoms with van der Waals surface area (Å²) >= 11 is 12.0. The standard InChI is InChI=1S/C18H17Cl2FN2O/c19-13-5-6-14(20)16(11-13)22-18(24)12-7-9-23(10-8-12)17-4-2-1-3-15(17)21/h1-6,11-12H,7-10H2,(H,22,24). The van der Waals surface area contributed by atoms with Crippen molar-refractivity contribution < 1.29 is 9.18 Å². The highest BCUT2D eigenvalue weighted by molar-refractivity contribution is 6.35. The van der Waals surface area contributed by atoms with Gasteiger partial charge in [0.05, 0.1) is 16.4 Å². The monoisotopic (exact) mass is 366 g/mol. The molecule has 2 aromatic rings. The lowest BCUT2D eigenvalue weighted by atomic mass is 9.95. The van der Waals surface area contributed by atoms with Crippen molar-refractivity contribution in [1.29, 1.82) is 0 Å². The Morgan fingerprint density at radius 3 is 2.54 bits per heavy atom. The zero-order valence-electron chi connectivity index (χ0n) is 12.9. The molecule has 0 bridgehead atoms. The van der Waals surface area contributed by atoms with Crippen molar-refractivity contribution in [3.63, 3.8) is 0 Å². The SMILES string of the molecule is O=C(Nc1cc(Cl)ccc1Cl)C1CCN(c2ccccc2F)CC1. The molecular weight excluding hydrogens is 350 g/mol. The summed E-state index contributed by atoms with van der Waals surface area (Å²) in [6, 6.07) is 11.7. The van der Waals surface area contributed by atoms with Crippen molar-refractivity contribution in [2.45, 2.75) is 12.8 Å². The molecule has 1 fully saturated rings. The van der Waals surface area contributed by atoms with Gasteiger partial charge in [-0.05, 0) is 43.2 Å². The number of hydrogen-bond acceptors (Lipinski definition) is 2. The van der Waals surface area contributed by atoms with Gasteiger partial charge in [-0.2, -0.15) is 0 Å². The van der Waals surface area contributed by atoms with Crippen LogP contribution in [0.15, 0.2) is 42.5 Å². The van der Waals surface area contributed by atoms with Gasteiger partial charge in [0.1, 0.15) is 5.82 Å². The normalized spacial score (nSPS) is 15.4. The van der Waals surface area contributed by atoms with E-state index in [9.17, 15) is 9.18 Å². The van der Waals surface area contributed by atoms with Crippen LogP contribution in [-0.4, -0.2) is 19.0 Å². The summed E-state index contributed by atoms with van der Waals surface area (Å²) in [6.07, 6.45) is 1.33. The molecule has 0 unspecified atom stereocenters. The molecule has 0 spiro atoms. The van der Waals surface area contributed by atoms with Gasteiger partial charge < -0.3 is 10.2 Å². The maximum absolute atomic E-state index is 13.9. The average molecular weight is 367 g/mol. The summed E-state index contributed by atoms with van der Waals surface area (Å²) in [5, 5.41) is 3.81. The molecule has 126 valence electrons. The van der Waals surface area contributed by atoms with Gasteiger partial charge in [0, 0.05) is 24.0 Å². The molecule has 3 nitrogen and oxygen atoms in total. The average Bonchev–Trinajstić information content (AvgIpc) is 2.59. The molecule has 1 saturated heterocycles. The number of anilines is 2. The van der Waals surface area contributed by atoms with Gasteiger partial charge in [0.25, 0.3) is 0 Å². The zero-order valence-corrected chi connectivity index (χ0v) is 14.4. The van der Waals surface area contributed by atoms with Gasteiger partial charge in [-0.1, -0.05) is 35.3 Å². The molecule has 0 radical (unpaired) electrons. The molecule has 3 rings (SSSR count). The van der Waals surface area contributed by atoms with Crippen LogP contribution in [0.25, 0.3) is 0 Å². The molecule has 0 atom stereocenters. The predicted octanol–water partition coefficient (Wildman–Crippen LogP) is 4.99. The van der Waals surface area contributed by atoms with E-state index in [4.69, 9.17) is 23.2 Å². The quantitative estimate of drug-likeness (QED) is 0.829. The van der Waals surface area contributed by atoms with Crippen molar-refractivity contribution in [2.24, 2.45) is 5.92 Å². The minimum atomic E-state index is -0.230. The molecule has 2 aromatic carbocycles. The third kappa shape index (κ3) is 3.82. The number of carbonyl (C=O) groups excluding carboxylic acids is 1. The molecule has 1 N–H and O–H groups in total. The van der Waals surface area contributed by atoms with Crippen LogP contribution in [0, 0.1) is 11.7 Å². The molecular formula is C18H17Cl2FN2O. The summed E-state index contributed by atoms with van der Waals surface area (Å²) in [5.74, 6) is -0.429. The van der Waals surface area contributed by atoms with Gasteiger partial charge in [0.2, 0.25) is 5.91 Å². The number of benzene rings is 2. The molecule has 0 aliphatic carbocycles. The maximum atomic E-state index is 13.9. The van der Waals surface area contributed by atoms with E-state index in [1.165, 1.54) is 6.07 Å². The fourth-order valence-corrected chi connectivity index (χ4v) is 3.26. The molecule has 1 heterocycles. The third-order valence-electron chi connectivity index (χ3n) is 4.25. The minimum Gasteiger partial charge on any atom is -0.369 e. The highest BCUT2D eigenvalue weighted by Gasteiger charge is 2.26. The first-order valence-electron chi connectivity index (χ1n) is 7.80. The van der Waals surface area contributed by atoms with Crippen molar-refractivity contribution in [3.8, 4) is 0 Å². The van der Waals surface area contributed by atoms with Crippen molar-refractivity contribution in [1.82, 2.24) is 0 Å². The Morgan fingerprint density at radius 2 is 1.83 bits per heavy atom. The molecule has 0 saturated carbocycles. The Kier molecular flexibility index (Phi) is 5.27. The second-order valence-corrected chi connectivity index (χ2v) is 6.67. The van der Waals surface area contributed by atoms with E-state index in [1.807, 2.05) is 11.0 Å². The lowest BCUT2D eigenvalue weighted by Gasteiger charge is -2.33. The third-order valence-corrected chi connectivity index (χ3v) is 4.81. The Morgan fingerprint density at radius 1 is 1.12 bits per heavy atom. The smallest absolute Gasteiger partial charge is 0.227 e. The van der Waals surface area contributed by atoms with E-state index >= 15 is 0 Å². The van der Waals surface area contributed by atoms with Crippen LogP contribution < -0.4 is 10.2 Å². The van der Waals surface area contributed by atoms with E-state index in [0.29, 0.717) is 47.4 Å². The number of nitrogens with zero attached hydrogens (tertiary/aromatic N) is 1. The number of piperidine rings is 1. The van der Waals surface area contributed by atoms with Crippen LogP contribution >= 0.6 is 23.2 Å². The van der Waals surface area contributed by atoms with Crippen molar-refractivity contribution >= 4 is 40.5 Å². The van der Waals surface area contributed by atoms with Crippen LogP contribution in [0.1, 0.15) is 12.8 Å². The molecule has 1 aliphatic rings. The first-order valence-corrected chi connectivity index (χ1v) is 8.55. The van der Waals surface area contributed by atoms with E-state index in [0.717, 1.165) is 0 Å². The van der Waals surface area contributed by atoms with E-state index in [-0.39, 0.29) is 17.6 Å². The second kappa shape index (κ2) is 7.41. The number of halogens is 3. The topological polar surface area (TPSA) is 32.3 Å². The summed E-state index contributed by atoms with van der Waals surface area (Å²) < 4.78 is 13.9. The van der Waals surface area contributed by atoms with Gasteiger partial charge in [0.15, 0.2) is 0 Å². The van der Waals surface area contributed by atoms with E-state index in [1.54, 1.807) is 30.3 Å². The van der Waals surface area contributed by atoms with Crippen molar-refractivity contribution in [2.75, 3.05) is 23.3 Å². The molecule has 0 aromatic heterocycles. The van der Waals surface area contributed by atoms with Crippen molar-refractivity contribution in [3.05, 3.63) is 58.3 Å². The first kappa shape index (κ1) is 17.1. The Balaban J connectivity index is 1.61. The summed E-state index contributed by atoms with van der Waals surface area (Å²) in [7, 11) is 0. The fourth-order valence-electron chi connectivity index (χ4n) is 2.92. The predicted molar refractivity (Wildman–Crippen MR) is 96.4 cm³/mol. The first-order chi connectivity index (χ1) is 11.5. The highest BCUT2D eigenvalue weighted by atomic mass is 35.5. The molecule has 6 heteroatoms. The lowest BCUT2D eigenvalue weighted by Crippen LogP contribution is -2.38. The van der Waals surface area contributed by atoms with Crippen LogP contribution in [0.3, 0.4) is 0 Å². The Bertz CT molecular complexity index is 746. The number of nitrogens with one attached hydrogen (secondary N) is 1. The maximum Gasteiger partial charge on any atom is 0.227 e. The summed E-state index contributed by atoms with van der Waals surface area (Å²) in [5.41, 5.74) is 1.11. The number of carbonyl (C=O) groups is 1.